The van der Waals surface area contributed by atoms with Crippen LogP contribution in [0.2, 0.25) is 0 Å². The molecule has 0 saturated heterocycles. The van der Waals surface area contributed by atoms with E-state index in [-0.39, 0.29) is 11.4 Å². The number of nitrogens with one attached hydrogen (secondary N) is 1. The molecule has 0 aliphatic carbocycles. The number of aromatic nitrogens is 1. The Morgan fingerprint density at radius 3 is 2.47 bits per heavy atom. The number of non-ortho nitro benzene ring substituents is 1. The van der Waals surface area contributed by atoms with Crippen LogP contribution in [0.3, 0.4) is 0 Å². The molecule has 0 radical (unpaired) electrons. The highest BCUT2D eigenvalue weighted by atomic mass is 16.6. The fraction of sp³-hybridized carbons (Fsp3) is 0.0435. The molecule has 7 heteroatoms. The van der Waals surface area contributed by atoms with Crippen molar-refractivity contribution < 1.29 is 14.5 Å². The van der Waals surface area contributed by atoms with Crippen molar-refractivity contribution in [3.8, 4) is 17.0 Å². The number of nitrogens with zero attached hydrogens (tertiary/aromatic N) is 2. The van der Waals surface area contributed by atoms with Gasteiger partial charge in [0, 0.05) is 23.1 Å². The lowest BCUT2D eigenvalue weighted by molar-refractivity contribution is -0.384. The normalized spacial score (nSPS) is 10.6. The van der Waals surface area contributed by atoms with Crippen LogP contribution >= 0.6 is 0 Å². The average molecular weight is 399 g/mol. The van der Waals surface area contributed by atoms with E-state index in [4.69, 9.17) is 4.74 Å². The molecule has 0 fully saturated rings. The first-order valence-corrected chi connectivity index (χ1v) is 9.16. The third-order valence-corrected chi connectivity index (χ3v) is 4.67. The van der Waals surface area contributed by atoms with Crippen LogP contribution in [-0.2, 0) is 0 Å². The summed E-state index contributed by atoms with van der Waals surface area (Å²) in [4.78, 5) is 28.5. The molecule has 1 heterocycles. The van der Waals surface area contributed by atoms with Gasteiger partial charge in [-0.25, -0.2) is 4.98 Å². The topological polar surface area (TPSA) is 94.4 Å². The van der Waals surface area contributed by atoms with Gasteiger partial charge in [-0.3, -0.25) is 14.9 Å². The Bertz CT molecular complexity index is 1260. The number of hydrogen-bond acceptors (Lipinski definition) is 5. The van der Waals surface area contributed by atoms with Crippen molar-refractivity contribution in [1.29, 1.82) is 0 Å². The predicted octanol–water partition coefficient (Wildman–Crippen LogP) is 5.07. The van der Waals surface area contributed by atoms with Crippen molar-refractivity contribution in [3.05, 3.63) is 94.5 Å². The molecule has 0 aliphatic heterocycles. The van der Waals surface area contributed by atoms with Crippen molar-refractivity contribution in [2.75, 3.05) is 12.4 Å². The Balaban J connectivity index is 1.80. The third-order valence-electron chi connectivity index (χ3n) is 4.67. The SMILES string of the molecule is COc1ccc([N+](=O)[O-])cc1NC(=O)c1cc(-c2ccccc2)nc2ccccc12. The van der Waals surface area contributed by atoms with Gasteiger partial charge in [0.25, 0.3) is 11.6 Å². The van der Waals surface area contributed by atoms with E-state index in [9.17, 15) is 14.9 Å². The molecule has 4 aromatic rings. The zero-order valence-electron chi connectivity index (χ0n) is 16.0. The molecule has 0 spiro atoms. The zero-order chi connectivity index (χ0) is 21.1. The van der Waals surface area contributed by atoms with Crippen molar-refractivity contribution in [1.82, 2.24) is 4.98 Å². The van der Waals surface area contributed by atoms with Crippen LogP contribution in [0.1, 0.15) is 10.4 Å². The molecule has 148 valence electrons. The molecule has 0 atom stereocenters. The maximum absolute atomic E-state index is 13.2. The molecule has 0 unspecified atom stereocenters. The highest BCUT2D eigenvalue weighted by molar-refractivity contribution is 6.13. The molecule has 7 nitrogen and oxygen atoms in total. The minimum Gasteiger partial charge on any atom is -0.495 e. The highest BCUT2D eigenvalue weighted by Crippen LogP contribution is 2.31. The molecule has 3 aromatic carbocycles. The number of rotatable bonds is 5. The van der Waals surface area contributed by atoms with Crippen molar-refractivity contribution in [2.24, 2.45) is 0 Å². The fourth-order valence-electron chi connectivity index (χ4n) is 3.22. The number of nitro groups is 1. The second kappa shape index (κ2) is 8.00. The van der Waals surface area contributed by atoms with Gasteiger partial charge in [-0.2, -0.15) is 0 Å². The molecule has 1 amide bonds. The number of amides is 1. The second-order valence-corrected chi connectivity index (χ2v) is 6.53. The summed E-state index contributed by atoms with van der Waals surface area (Å²) in [5.41, 5.74) is 2.70. The molecule has 0 bridgehead atoms. The van der Waals surface area contributed by atoms with Crippen LogP contribution in [0.5, 0.6) is 5.75 Å². The summed E-state index contributed by atoms with van der Waals surface area (Å²) >= 11 is 0. The van der Waals surface area contributed by atoms with Crippen LogP contribution in [-0.4, -0.2) is 22.9 Å². The average Bonchev–Trinajstić information content (AvgIpc) is 2.78. The lowest BCUT2D eigenvalue weighted by Gasteiger charge is -2.13. The minimum absolute atomic E-state index is 0.143. The lowest BCUT2D eigenvalue weighted by atomic mass is 10.0. The Labute approximate surface area is 172 Å². The van der Waals surface area contributed by atoms with Gasteiger partial charge in [0.1, 0.15) is 5.75 Å². The number of nitro benzene ring substituents is 1. The van der Waals surface area contributed by atoms with Gasteiger partial charge in [0.05, 0.1) is 34.5 Å². The molecule has 0 aliphatic rings. The number of pyridine rings is 1. The van der Waals surface area contributed by atoms with E-state index in [1.807, 2.05) is 54.6 Å². The summed E-state index contributed by atoms with van der Waals surface area (Å²) in [6.45, 7) is 0. The number of benzene rings is 3. The lowest BCUT2D eigenvalue weighted by Crippen LogP contribution is -2.14. The van der Waals surface area contributed by atoms with Gasteiger partial charge in [0.2, 0.25) is 0 Å². The number of para-hydroxylation sites is 1. The van der Waals surface area contributed by atoms with Crippen LogP contribution in [0.15, 0.2) is 78.9 Å². The number of ether oxygens (including phenoxy) is 1. The molecular formula is C23H17N3O4. The number of carbonyl (C=O) groups is 1. The smallest absolute Gasteiger partial charge is 0.271 e. The Morgan fingerprint density at radius 2 is 1.73 bits per heavy atom. The van der Waals surface area contributed by atoms with E-state index >= 15 is 0 Å². The minimum atomic E-state index is -0.523. The van der Waals surface area contributed by atoms with Crippen LogP contribution in [0.4, 0.5) is 11.4 Å². The number of fused-ring (bicyclic) bond motifs is 1. The van der Waals surface area contributed by atoms with Gasteiger partial charge >= 0.3 is 0 Å². The van der Waals surface area contributed by atoms with E-state index in [0.29, 0.717) is 27.9 Å². The summed E-state index contributed by atoms with van der Waals surface area (Å²) < 4.78 is 5.25. The van der Waals surface area contributed by atoms with Crippen molar-refractivity contribution in [2.45, 2.75) is 0 Å². The monoisotopic (exact) mass is 399 g/mol. The standard InChI is InChI=1S/C23H17N3O4/c1-30-22-12-11-16(26(28)29)13-21(22)25-23(27)18-14-20(15-7-3-2-4-8-15)24-19-10-6-5-9-17(18)19/h2-14H,1H3,(H,25,27). The Morgan fingerprint density at radius 1 is 1.00 bits per heavy atom. The van der Waals surface area contributed by atoms with E-state index < -0.39 is 10.8 Å². The largest absolute Gasteiger partial charge is 0.495 e. The van der Waals surface area contributed by atoms with Crippen LogP contribution in [0, 0.1) is 10.1 Å². The van der Waals surface area contributed by atoms with Gasteiger partial charge in [-0.1, -0.05) is 48.5 Å². The third kappa shape index (κ3) is 3.68. The van der Waals surface area contributed by atoms with Gasteiger partial charge in [-0.05, 0) is 18.2 Å². The van der Waals surface area contributed by atoms with Crippen LogP contribution < -0.4 is 10.1 Å². The molecule has 4 rings (SSSR count). The van der Waals surface area contributed by atoms with Gasteiger partial charge in [0.15, 0.2) is 0 Å². The van der Waals surface area contributed by atoms with Gasteiger partial charge < -0.3 is 10.1 Å². The fourth-order valence-corrected chi connectivity index (χ4v) is 3.22. The molecular weight excluding hydrogens is 382 g/mol. The first-order chi connectivity index (χ1) is 14.6. The van der Waals surface area contributed by atoms with E-state index in [0.717, 1.165) is 5.56 Å². The van der Waals surface area contributed by atoms with E-state index in [1.54, 1.807) is 6.07 Å². The number of methoxy groups -OCH3 is 1. The quantitative estimate of drug-likeness (QED) is 0.373. The van der Waals surface area contributed by atoms with Crippen LogP contribution in [0.25, 0.3) is 22.2 Å². The summed E-state index contributed by atoms with van der Waals surface area (Å²) in [5.74, 6) is -0.0832. The highest BCUT2D eigenvalue weighted by Gasteiger charge is 2.18. The predicted molar refractivity (Wildman–Crippen MR) is 115 cm³/mol. The van der Waals surface area contributed by atoms with Crippen molar-refractivity contribution in [3.63, 3.8) is 0 Å². The summed E-state index contributed by atoms with van der Waals surface area (Å²) in [6, 6.07) is 22.7. The Kier molecular flexibility index (Phi) is 5.09. The van der Waals surface area contributed by atoms with Crippen molar-refractivity contribution >= 4 is 28.2 Å². The maximum atomic E-state index is 13.2. The van der Waals surface area contributed by atoms with E-state index in [2.05, 4.69) is 10.3 Å². The zero-order valence-corrected chi connectivity index (χ0v) is 16.0. The number of anilines is 1. The Hall–Kier alpha value is -4.26. The summed E-state index contributed by atoms with van der Waals surface area (Å²) in [7, 11) is 1.44. The molecule has 0 saturated carbocycles. The molecule has 1 aromatic heterocycles. The molecule has 30 heavy (non-hydrogen) atoms. The second-order valence-electron chi connectivity index (χ2n) is 6.53. The molecule has 1 N–H and O–H groups in total. The number of carbonyl (C=O) groups excluding carboxylic acids is 1. The maximum Gasteiger partial charge on any atom is 0.271 e. The summed E-state index contributed by atoms with van der Waals surface area (Å²) in [6.07, 6.45) is 0. The van der Waals surface area contributed by atoms with Gasteiger partial charge in [-0.15, -0.1) is 0 Å². The van der Waals surface area contributed by atoms with E-state index in [1.165, 1.54) is 25.3 Å². The number of hydrogen-bond donors (Lipinski definition) is 1. The first kappa shape index (κ1) is 19.1. The summed E-state index contributed by atoms with van der Waals surface area (Å²) in [5, 5.41) is 14.6. The first-order valence-electron chi connectivity index (χ1n) is 9.16.